The molecule has 0 amide bonds. The molecule has 6 nitrogen and oxygen atoms in total. The van der Waals surface area contributed by atoms with E-state index in [9.17, 15) is 0 Å². The molecule has 0 aliphatic heterocycles. The van der Waals surface area contributed by atoms with Crippen LogP contribution in [0.2, 0.25) is 0 Å². The van der Waals surface area contributed by atoms with E-state index >= 15 is 0 Å². The Morgan fingerprint density at radius 3 is 2.64 bits per heavy atom. The van der Waals surface area contributed by atoms with Gasteiger partial charge in [0.1, 0.15) is 12.4 Å². The Morgan fingerprint density at radius 2 is 2.00 bits per heavy atom. The molecule has 0 radical (unpaired) electrons. The number of nitrogens with zero attached hydrogens (tertiary/aromatic N) is 2. The second-order valence-corrected chi connectivity index (χ2v) is 4.40. The Labute approximate surface area is 128 Å². The van der Waals surface area contributed by atoms with Crippen molar-refractivity contribution >= 4 is 16.7 Å². The highest BCUT2D eigenvalue weighted by Crippen LogP contribution is 2.21. The summed E-state index contributed by atoms with van der Waals surface area (Å²) in [5.74, 6) is 0.889. The summed E-state index contributed by atoms with van der Waals surface area (Å²) in [6.07, 6.45) is 0. The number of nitrogens with two attached hydrogens (primary N) is 1. The Kier molecular flexibility index (Phi) is 5.63. The molecule has 0 fully saturated rings. The summed E-state index contributed by atoms with van der Waals surface area (Å²) < 4.78 is 0. The molecule has 22 heavy (non-hydrogen) atoms. The van der Waals surface area contributed by atoms with Gasteiger partial charge in [-0.25, -0.2) is 9.82 Å². The van der Waals surface area contributed by atoms with Gasteiger partial charge in [-0.3, -0.25) is 0 Å². The highest BCUT2D eigenvalue weighted by Gasteiger charge is 2.06. The standard InChI is InChI=1S/C14H13N3O.C2H3NO/c1-18-17-11-7-8-12-13(9-11)16-14(15-12)10-5-3-2-4-6-10;3-1-2-4/h2-9,17H,1H3,(H,15,16);4H,2H2/p+1. The second-order valence-electron chi connectivity index (χ2n) is 4.40. The van der Waals surface area contributed by atoms with Gasteiger partial charge in [-0.1, -0.05) is 30.3 Å². The molecular weight excluding hydrogens is 280 g/mol. The van der Waals surface area contributed by atoms with E-state index in [2.05, 4.69) is 9.97 Å². The highest BCUT2D eigenvalue weighted by molar-refractivity contribution is 5.81. The van der Waals surface area contributed by atoms with Gasteiger partial charge in [-0.2, -0.15) is 10.7 Å². The van der Waals surface area contributed by atoms with Crippen molar-refractivity contribution in [1.82, 2.24) is 9.97 Å². The van der Waals surface area contributed by atoms with E-state index in [-0.39, 0.29) is 6.61 Å². The first-order valence-electron chi connectivity index (χ1n) is 6.67. The fourth-order valence-electron chi connectivity index (χ4n) is 1.97. The van der Waals surface area contributed by atoms with Crippen molar-refractivity contribution in [3.8, 4) is 17.5 Å². The number of benzene rings is 2. The van der Waals surface area contributed by atoms with Crippen molar-refractivity contribution in [1.29, 1.82) is 5.26 Å². The lowest BCUT2D eigenvalue weighted by molar-refractivity contribution is -0.830. The number of aromatic nitrogens is 2. The zero-order valence-corrected chi connectivity index (χ0v) is 12.2. The number of aliphatic hydroxyl groups is 1. The van der Waals surface area contributed by atoms with E-state index in [1.807, 2.05) is 48.5 Å². The molecule has 3 rings (SSSR count). The van der Waals surface area contributed by atoms with Crippen LogP contribution in [-0.2, 0) is 4.84 Å². The molecule has 4 N–H and O–H groups in total. The summed E-state index contributed by atoms with van der Waals surface area (Å²) in [5, 5.41) is 14.9. The van der Waals surface area contributed by atoms with Crippen LogP contribution in [0.15, 0.2) is 48.5 Å². The van der Waals surface area contributed by atoms with Crippen molar-refractivity contribution in [2.24, 2.45) is 0 Å². The van der Waals surface area contributed by atoms with E-state index < -0.39 is 0 Å². The van der Waals surface area contributed by atoms with Crippen LogP contribution in [0.1, 0.15) is 0 Å². The van der Waals surface area contributed by atoms with Gasteiger partial charge in [0, 0.05) is 17.7 Å². The zero-order chi connectivity index (χ0) is 15.8. The summed E-state index contributed by atoms with van der Waals surface area (Å²) >= 11 is 0. The third-order valence-corrected chi connectivity index (χ3v) is 2.88. The maximum atomic E-state index is 7.51. The van der Waals surface area contributed by atoms with Gasteiger partial charge in [-0.15, -0.1) is 0 Å². The van der Waals surface area contributed by atoms with Crippen molar-refractivity contribution in [3.05, 3.63) is 48.5 Å². The average Bonchev–Trinajstić information content (AvgIpc) is 2.99. The van der Waals surface area contributed by atoms with E-state index in [4.69, 9.17) is 15.2 Å². The van der Waals surface area contributed by atoms with Gasteiger partial charge in [0.15, 0.2) is 5.69 Å². The van der Waals surface area contributed by atoms with Gasteiger partial charge in [-0.05, 0) is 6.07 Å². The van der Waals surface area contributed by atoms with Gasteiger partial charge in [0.2, 0.25) is 0 Å². The van der Waals surface area contributed by atoms with Crippen LogP contribution in [-0.4, -0.2) is 28.8 Å². The number of hydrogen-bond acceptors (Lipinski definition) is 4. The van der Waals surface area contributed by atoms with Crippen molar-refractivity contribution < 1.29 is 15.4 Å². The van der Waals surface area contributed by atoms with Gasteiger partial charge in [0.05, 0.1) is 24.2 Å². The Morgan fingerprint density at radius 1 is 1.27 bits per heavy atom. The summed E-state index contributed by atoms with van der Waals surface area (Å²) in [7, 11) is 1.65. The minimum Gasteiger partial charge on any atom is -0.381 e. The number of hydrogen-bond donors (Lipinski definition) is 3. The maximum Gasteiger partial charge on any atom is 0.164 e. The van der Waals surface area contributed by atoms with E-state index in [1.165, 1.54) is 6.07 Å². The van der Waals surface area contributed by atoms with Gasteiger partial charge < -0.3 is 10.1 Å². The lowest BCUT2D eigenvalue weighted by atomic mass is 10.2. The minimum atomic E-state index is -0.375. The average molecular weight is 297 g/mol. The normalized spacial score (nSPS) is 9.86. The molecule has 0 atom stereocenters. The number of nitriles is 1. The van der Waals surface area contributed by atoms with Crippen molar-refractivity contribution in [2.45, 2.75) is 0 Å². The first kappa shape index (κ1) is 15.7. The van der Waals surface area contributed by atoms with Gasteiger partial charge >= 0.3 is 0 Å². The molecule has 1 aromatic heterocycles. The van der Waals surface area contributed by atoms with E-state index in [0.717, 1.165) is 28.1 Å². The predicted octanol–water partition coefficient (Wildman–Crippen LogP) is 1.49. The topological polar surface area (TPSA) is 98.5 Å². The fourth-order valence-corrected chi connectivity index (χ4v) is 1.97. The molecule has 112 valence electrons. The van der Waals surface area contributed by atoms with Crippen LogP contribution in [0.3, 0.4) is 0 Å². The Hall–Kier alpha value is -2.72. The smallest absolute Gasteiger partial charge is 0.164 e. The molecule has 2 aromatic carbocycles. The number of aromatic amines is 1. The second kappa shape index (κ2) is 7.90. The molecule has 0 saturated heterocycles. The molecule has 0 saturated carbocycles. The molecule has 0 aliphatic carbocycles. The molecule has 0 spiro atoms. The number of rotatable bonds is 3. The lowest BCUT2D eigenvalue weighted by Crippen LogP contribution is -2.75. The van der Waals surface area contributed by atoms with E-state index in [0.29, 0.717) is 0 Å². The maximum absolute atomic E-state index is 7.51. The van der Waals surface area contributed by atoms with Crippen LogP contribution in [0, 0.1) is 11.3 Å². The SMILES string of the molecule is CO[NH2+]c1ccc2nc(-c3ccccc3)[nH]c2c1.N#CCO. The predicted molar refractivity (Wildman–Crippen MR) is 82.8 cm³/mol. The molecule has 0 bridgehead atoms. The summed E-state index contributed by atoms with van der Waals surface area (Å²) in [6.45, 7) is -0.375. The van der Waals surface area contributed by atoms with Crippen LogP contribution in [0.5, 0.6) is 0 Å². The quantitative estimate of drug-likeness (QED) is 0.387. The molecule has 0 aliphatic rings. The zero-order valence-electron chi connectivity index (χ0n) is 12.2. The molecule has 3 aromatic rings. The number of quaternary nitrogens is 1. The minimum absolute atomic E-state index is 0.375. The number of imidazole rings is 1. The molecular formula is C16H17N4O2+. The third-order valence-electron chi connectivity index (χ3n) is 2.88. The summed E-state index contributed by atoms with van der Waals surface area (Å²) in [5.41, 5.74) is 5.80. The molecule has 0 unspecified atom stereocenters. The largest absolute Gasteiger partial charge is 0.381 e. The summed E-state index contributed by atoms with van der Waals surface area (Å²) in [6, 6.07) is 17.6. The van der Waals surface area contributed by atoms with Crippen molar-refractivity contribution in [3.63, 3.8) is 0 Å². The monoisotopic (exact) mass is 297 g/mol. The van der Waals surface area contributed by atoms with Gasteiger partial charge in [0.25, 0.3) is 0 Å². The van der Waals surface area contributed by atoms with Crippen LogP contribution >= 0.6 is 0 Å². The molecule has 1 heterocycles. The number of fused-ring (bicyclic) bond motifs is 1. The first-order valence-corrected chi connectivity index (χ1v) is 6.67. The first-order chi connectivity index (χ1) is 10.8. The lowest BCUT2D eigenvalue weighted by Gasteiger charge is -1.95. The number of H-pyrrole nitrogens is 1. The fraction of sp³-hybridized carbons (Fsp3) is 0.125. The van der Waals surface area contributed by atoms with Crippen LogP contribution in [0.25, 0.3) is 22.4 Å². The third kappa shape index (κ3) is 3.90. The number of aliphatic hydroxyl groups excluding tert-OH is 1. The number of nitrogens with one attached hydrogen (secondary N) is 1. The van der Waals surface area contributed by atoms with E-state index in [1.54, 1.807) is 12.6 Å². The highest BCUT2D eigenvalue weighted by atomic mass is 16.6. The van der Waals surface area contributed by atoms with Crippen LogP contribution in [0.4, 0.5) is 5.69 Å². The Bertz CT molecular complexity index is 763. The van der Waals surface area contributed by atoms with Crippen LogP contribution < -0.4 is 5.48 Å². The van der Waals surface area contributed by atoms with Crippen molar-refractivity contribution in [2.75, 3.05) is 13.7 Å². The molecule has 6 heteroatoms. The summed E-state index contributed by atoms with van der Waals surface area (Å²) in [4.78, 5) is 12.9. The Balaban J connectivity index is 0.000000396.